The molecule has 0 aliphatic carbocycles. The largest absolute Gasteiger partial charge is 0.497 e. The topological polar surface area (TPSA) is 102 Å². The average molecular weight is 492 g/mol. The fraction of sp³-hybridized carbons (Fsp3) is 0.259. The Labute approximate surface area is 206 Å². The van der Waals surface area contributed by atoms with Gasteiger partial charge in [-0.1, -0.05) is 67.1 Å². The summed E-state index contributed by atoms with van der Waals surface area (Å²) in [5.74, 6) is 0.627. The molecule has 0 unspecified atom stereocenters. The molecular formula is C27H29N3O4S. The molecule has 35 heavy (non-hydrogen) atoms. The Morgan fingerprint density at radius 2 is 1.43 bits per heavy atom. The number of nitrogens with zero attached hydrogens (tertiary/aromatic N) is 2. The van der Waals surface area contributed by atoms with Crippen molar-refractivity contribution in [3.63, 3.8) is 0 Å². The van der Waals surface area contributed by atoms with E-state index in [0.717, 1.165) is 11.1 Å². The maximum absolute atomic E-state index is 13.7. The molecule has 7 nitrogen and oxygen atoms in total. The van der Waals surface area contributed by atoms with E-state index in [0.29, 0.717) is 31.6 Å². The van der Waals surface area contributed by atoms with Gasteiger partial charge in [-0.25, -0.2) is 13.4 Å². The van der Waals surface area contributed by atoms with Gasteiger partial charge in [0.15, 0.2) is 21.3 Å². The van der Waals surface area contributed by atoms with E-state index in [-0.39, 0.29) is 22.5 Å². The SMILES string of the molecule is COc1ccc(S(=O)(=O)CCCCCN2C(=O)C(c3ccccc3)(c3ccccc3)N=C2N)cc1. The van der Waals surface area contributed by atoms with Crippen molar-refractivity contribution in [2.45, 2.75) is 29.7 Å². The number of ether oxygens (including phenoxy) is 1. The van der Waals surface area contributed by atoms with Gasteiger partial charge in [0.05, 0.1) is 17.8 Å². The second kappa shape index (κ2) is 10.3. The number of unbranched alkanes of at least 4 members (excludes halogenated alkanes) is 2. The predicted octanol–water partition coefficient (Wildman–Crippen LogP) is 3.74. The smallest absolute Gasteiger partial charge is 0.266 e. The van der Waals surface area contributed by atoms with Crippen LogP contribution in [0.25, 0.3) is 0 Å². The summed E-state index contributed by atoms with van der Waals surface area (Å²) in [6, 6.07) is 25.2. The first kappa shape index (κ1) is 24.5. The summed E-state index contributed by atoms with van der Waals surface area (Å²) < 4.78 is 30.3. The van der Waals surface area contributed by atoms with Crippen LogP contribution in [-0.4, -0.2) is 44.6 Å². The van der Waals surface area contributed by atoms with E-state index in [4.69, 9.17) is 10.5 Å². The molecule has 182 valence electrons. The van der Waals surface area contributed by atoms with Gasteiger partial charge in [-0.3, -0.25) is 9.69 Å². The second-order valence-corrected chi connectivity index (χ2v) is 10.5. The number of nitrogens with two attached hydrogens (primary N) is 1. The fourth-order valence-corrected chi connectivity index (χ4v) is 5.71. The number of rotatable bonds is 10. The summed E-state index contributed by atoms with van der Waals surface area (Å²) in [5.41, 5.74) is 6.55. The van der Waals surface area contributed by atoms with E-state index in [1.807, 2.05) is 60.7 Å². The van der Waals surface area contributed by atoms with Crippen LogP contribution in [0.4, 0.5) is 0 Å². The van der Waals surface area contributed by atoms with E-state index in [9.17, 15) is 13.2 Å². The van der Waals surface area contributed by atoms with Crippen molar-refractivity contribution in [1.82, 2.24) is 4.90 Å². The minimum absolute atomic E-state index is 0.0365. The van der Waals surface area contributed by atoms with Gasteiger partial charge in [0, 0.05) is 6.54 Å². The first-order valence-electron chi connectivity index (χ1n) is 11.5. The molecule has 0 atom stereocenters. The van der Waals surface area contributed by atoms with E-state index in [1.165, 1.54) is 12.0 Å². The number of hydrogen-bond donors (Lipinski definition) is 1. The summed E-state index contributed by atoms with van der Waals surface area (Å²) in [6.07, 6.45) is 1.73. The predicted molar refractivity (Wildman–Crippen MR) is 136 cm³/mol. The number of hydrogen-bond acceptors (Lipinski definition) is 6. The molecule has 0 saturated carbocycles. The monoisotopic (exact) mass is 491 g/mol. The van der Waals surface area contributed by atoms with E-state index in [1.54, 1.807) is 24.3 Å². The van der Waals surface area contributed by atoms with Crippen molar-refractivity contribution in [3.8, 4) is 5.75 Å². The lowest BCUT2D eigenvalue weighted by Gasteiger charge is -2.27. The summed E-state index contributed by atoms with van der Waals surface area (Å²) in [7, 11) is -1.84. The number of guanidine groups is 1. The summed E-state index contributed by atoms with van der Waals surface area (Å²) in [5, 5.41) is 0. The number of benzene rings is 3. The van der Waals surface area contributed by atoms with Gasteiger partial charge in [-0.15, -0.1) is 0 Å². The lowest BCUT2D eigenvalue weighted by atomic mass is 9.83. The molecule has 1 aliphatic heterocycles. The maximum Gasteiger partial charge on any atom is 0.266 e. The normalized spacial score (nSPS) is 15.2. The van der Waals surface area contributed by atoms with Crippen LogP contribution in [-0.2, 0) is 20.2 Å². The first-order valence-corrected chi connectivity index (χ1v) is 13.2. The van der Waals surface area contributed by atoms with Crippen LogP contribution in [0.2, 0.25) is 0 Å². The lowest BCUT2D eigenvalue weighted by molar-refractivity contribution is -0.130. The number of aliphatic imine (C=N–C) groups is 1. The van der Waals surface area contributed by atoms with Gasteiger partial charge in [0.2, 0.25) is 0 Å². The molecule has 8 heteroatoms. The van der Waals surface area contributed by atoms with Crippen LogP contribution in [0.1, 0.15) is 30.4 Å². The number of amides is 1. The Hall–Kier alpha value is -3.65. The van der Waals surface area contributed by atoms with Crippen LogP contribution in [0.15, 0.2) is 94.8 Å². The molecule has 0 aromatic heterocycles. The molecule has 1 aliphatic rings. The van der Waals surface area contributed by atoms with Crippen molar-refractivity contribution in [2.75, 3.05) is 19.4 Å². The molecule has 0 saturated heterocycles. The van der Waals surface area contributed by atoms with E-state index in [2.05, 4.69) is 4.99 Å². The van der Waals surface area contributed by atoms with Gasteiger partial charge in [-0.2, -0.15) is 0 Å². The Bertz CT molecular complexity index is 1250. The van der Waals surface area contributed by atoms with Gasteiger partial charge in [0.1, 0.15) is 5.75 Å². The highest BCUT2D eigenvalue weighted by molar-refractivity contribution is 7.91. The number of carbonyl (C=O) groups excluding carboxylic acids is 1. The van der Waals surface area contributed by atoms with Crippen LogP contribution < -0.4 is 10.5 Å². The third-order valence-corrected chi connectivity index (χ3v) is 8.03. The molecule has 3 aromatic carbocycles. The molecular weight excluding hydrogens is 462 g/mol. The molecule has 0 fully saturated rings. The van der Waals surface area contributed by atoms with Crippen LogP contribution in [0.5, 0.6) is 5.75 Å². The van der Waals surface area contributed by atoms with E-state index >= 15 is 0 Å². The highest BCUT2D eigenvalue weighted by Gasteiger charge is 2.50. The molecule has 1 amide bonds. The van der Waals surface area contributed by atoms with Crippen LogP contribution in [0.3, 0.4) is 0 Å². The maximum atomic E-state index is 13.7. The zero-order valence-corrected chi connectivity index (χ0v) is 20.4. The molecule has 3 aromatic rings. The minimum atomic E-state index is -3.38. The zero-order valence-electron chi connectivity index (χ0n) is 19.6. The summed E-state index contributed by atoms with van der Waals surface area (Å²) in [6.45, 7) is 0.373. The number of sulfone groups is 1. The summed E-state index contributed by atoms with van der Waals surface area (Å²) >= 11 is 0. The van der Waals surface area contributed by atoms with Crippen molar-refractivity contribution in [3.05, 3.63) is 96.1 Å². The molecule has 1 heterocycles. The Morgan fingerprint density at radius 1 is 0.857 bits per heavy atom. The Balaban J connectivity index is 1.41. The van der Waals surface area contributed by atoms with Gasteiger partial charge < -0.3 is 10.5 Å². The standard InChI is InChI=1S/C27H29N3O4S/c1-34-23-15-17-24(18-16-23)35(32,33)20-10-4-9-19-30-25(31)27(29-26(30)28,21-11-5-2-6-12-21)22-13-7-3-8-14-22/h2-3,5-8,11-18H,4,9-10,19-20H2,1H3,(H2,28,29). The second-order valence-electron chi connectivity index (χ2n) is 8.42. The molecule has 0 radical (unpaired) electrons. The quantitative estimate of drug-likeness (QED) is 0.435. The van der Waals surface area contributed by atoms with Gasteiger partial charge in [-0.05, 0) is 48.2 Å². The lowest BCUT2D eigenvalue weighted by Crippen LogP contribution is -2.44. The molecule has 2 N–H and O–H groups in total. The number of methoxy groups -OCH3 is 1. The average Bonchev–Trinajstić information content (AvgIpc) is 3.15. The summed E-state index contributed by atoms with van der Waals surface area (Å²) in [4.78, 5) is 20.2. The Morgan fingerprint density at radius 3 is 1.97 bits per heavy atom. The van der Waals surface area contributed by atoms with Crippen LogP contribution in [0, 0.1) is 0 Å². The first-order chi connectivity index (χ1) is 16.9. The molecule has 4 rings (SSSR count). The molecule has 0 spiro atoms. The van der Waals surface area contributed by atoms with Crippen LogP contribution >= 0.6 is 0 Å². The fourth-order valence-electron chi connectivity index (χ4n) is 4.34. The highest BCUT2D eigenvalue weighted by Crippen LogP contribution is 2.39. The van der Waals surface area contributed by atoms with Gasteiger partial charge in [0.25, 0.3) is 5.91 Å². The minimum Gasteiger partial charge on any atom is -0.497 e. The highest BCUT2D eigenvalue weighted by atomic mass is 32.2. The molecule has 0 bridgehead atoms. The van der Waals surface area contributed by atoms with Crippen molar-refractivity contribution in [1.29, 1.82) is 0 Å². The van der Waals surface area contributed by atoms with Crippen molar-refractivity contribution < 1.29 is 17.9 Å². The Kier molecular flexibility index (Phi) is 7.21. The van der Waals surface area contributed by atoms with Gasteiger partial charge >= 0.3 is 0 Å². The third kappa shape index (κ3) is 4.93. The van der Waals surface area contributed by atoms with Crippen molar-refractivity contribution >= 4 is 21.7 Å². The van der Waals surface area contributed by atoms with E-state index < -0.39 is 15.4 Å². The van der Waals surface area contributed by atoms with Crippen molar-refractivity contribution in [2.24, 2.45) is 10.7 Å². The third-order valence-electron chi connectivity index (χ3n) is 6.21. The zero-order chi connectivity index (χ0) is 24.9. The number of carbonyl (C=O) groups is 1.